The van der Waals surface area contributed by atoms with Gasteiger partial charge in [0.2, 0.25) is 11.8 Å². The fraction of sp³-hybridized carbons (Fsp3) is 0.481. The summed E-state index contributed by atoms with van der Waals surface area (Å²) < 4.78 is 0. The number of benzene rings is 2. The fourth-order valence-electron chi connectivity index (χ4n) is 4.46. The number of hydrogen-bond acceptors (Lipinski definition) is 3. The van der Waals surface area contributed by atoms with E-state index in [1.54, 1.807) is 11.0 Å². The molecule has 5 heteroatoms. The lowest BCUT2D eigenvalue weighted by Gasteiger charge is -2.36. The summed E-state index contributed by atoms with van der Waals surface area (Å²) in [5.41, 5.74) is 5.24. The van der Waals surface area contributed by atoms with Gasteiger partial charge in [-0.3, -0.25) is 9.59 Å². The molecule has 1 atom stereocenters. The third kappa shape index (κ3) is 5.32. The number of carbonyl (C=O) groups is 2. The first-order valence-electron chi connectivity index (χ1n) is 11.8. The van der Waals surface area contributed by atoms with Gasteiger partial charge < -0.3 is 15.3 Å². The number of amides is 2. The number of aromatic hydroxyl groups is 1. The molecule has 2 aromatic carbocycles. The second-order valence-electron chi connectivity index (χ2n) is 9.00. The van der Waals surface area contributed by atoms with E-state index in [4.69, 9.17) is 0 Å². The summed E-state index contributed by atoms with van der Waals surface area (Å²) in [6, 6.07) is 9.31. The summed E-state index contributed by atoms with van der Waals surface area (Å²) in [7, 11) is 0. The molecule has 0 bridgehead atoms. The van der Waals surface area contributed by atoms with Crippen molar-refractivity contribution in [3.8, 4) is 5.75 Å². The molecule has 2 N–H and O–H groups in total. The van der Waals surface area contributed by atoms with Gasteiger partial charge in [-0.15, -0.1) is 0 Å². The molecular formula is C27H36N2O3. The Balaban J connectivity index is 1.79. The van der Waals surface area contributed by atoms with Crippen LogP contribution in [0, 0.1) is 20.8 Å². The van der Waals surface area contributed by atoms with E-state index in [-0.39, 0.29) is 17.6 Å². The largest absolute Gasteiger partial charge is 0.507 e. The lowest BCUT2D eigenvalue weighted by Crippen LogP contribution is -2.50. The van der Waals surface area contributed by atoms with Crippen molar-refractivity contribution in [1.82, 2.24) is 4.90 Å². The van der Waals surface area contributed by atoms with Crippen molar-refractivity contribution in [3.05, 3.63) is 58.1 Å². The molecule has 1 aliphatic heterocycles. The van der Waals surface area contributed by atoms with Crippen molar-refractivity contribution >= 4 is 17.5 Å². The smallest absolute Gasteiger partial charge is 0.247 e. The average Bonchev–Trinajstić information content (AvgIpc) is 2.79. The fourth-order valence-corrected chi connectivity index (χ4v) is 4.46. The van der Waals surface area contributed by atoms with Gasteiger partial charge in [0.25, 0.3) is 0 Å². The molecule has 32 heavy (non-hydrogen) atoms. The van der Waals surface area contributed by atoms with Crippen LogP contribution < -0.4 is 5.32 Å². The number of carbonyl (C=O) groups excluding carboxylic acids is 2. The van der Waals surface area contributed by atoms with Gasteiger partial charge in [0, 0.05) is 25.1 Å². The maximum Gasteiger partial charge on any atom is 0.247 e. The molecule has 1 heterocycles. The third-order valence-electron chi connectivity index (χ3n) is 6.68. The highest BCUT2D eigenvalue weighted by Gasteiger charge is 2.34. The average molecular weight is 437 g/mol. The summed E-state index contributed by atoms with van der Waals surface area (Å²) in [6.45, 7) is 8.20. The predicted octanol–water partition coefficient (Wildman–Crippen LogP) is 5.57. The van der Waals surface area contributed by atoms with Crippen molar-refractivity contribution in [3.63, 3.8) is 0 Å². The maximum atomic E-state index is 13.4. The highest BCUT2D eigenvalue weighted by atomic mass is 16.3. The number of phenolic OH excluding ortho intramolecular Hbond substituents is 1. The van der Waals surface area contributed by atoms with E-state index in [1.165, 1.54) is 12.8 Å². The Morgan fingerprint density at radius 3 is 2.44 bits per heavy atom. The van der Waals surface area contributed by atoms with Crippen LogP contribution in [-0.4, -0.2) is 27.9 Å². The molecule has 0 spiro atoms. The third-order valence-corrected chi connectivity index (χ3v) is 6.68. The summed E-state index contributed by atoms with van der Waals surface area (Å²) in [5.74, 6) is 0.129. The van der Waals surface area contributed by atoms with Gasteiger partial charge in [0.1, 0.15) is 11.8 Å². The van der Waals surface area contributed by atoms with E-state index < -0.39 is 6.04 Å². The van der Waals surface area contributed by atoms with Crippen LogP contribution in [0.5, 0.6) is 5.75 Å². The number of nitrogens with one attached hydrogen (secondary N) is 1. The van der Waals surface area contributed by atoms with E-state index in [9.17, 15) is 14.7 Å². The standard InChI is InChI=1S/C27H36N2O3/c1-5-6-7-8-9-14-25(30)29-17-22-13-11-10-12-21(22)16-24(29)27(32)28-23-15-18(2)26(31)20(4)19(23)3/h10-13,15,24,31H,5-9,14,16-17H2,1-4H3,(H,28,32)/t24-/m0/s1. The Bertz CT molecular complexity index is 983. The molecule has 172 valence electrons. The van der Waals surface area contributed by atoms with E-state index >= 15 is 0 Å². The topological polar surface area (TPSA) is 69.6 Å². The van der Waals surface area contributed by atoms with Gasteiger partial charge in [0.05, 0.1) is 0 Å². The normalized spacial score (nSPS) is 15.4. The molecular weight excluding hydrogens is 400 g/mol. The summed E-state index contributed by atoms with van der Waals surface area (Å²) >= 11 is 0. The molecule has 0 saturated carbocycles. The molecule has 2 aromatic rings. The van der Waals surface area contributed by atoms with E-state index in [1.807, 2.05) is 45.0 Å². The second kappa shape index (κ2) is 10.7. The minimum atomic E-state index is -0.540. The quantitative estimate of drug-likeness (QED) is 0.420. The van der Waals surface area contributed by atoms with Gasteiger partial charge in [-0.05, 0) is 61.1 Å². The Kier molecular flexibility index (Phi) is 7.94. The Hall–Kier alpha value is -2.82. The highest BCUT2D eigenvalue weighted by Crippen LogP contribution is 2.31. The number of anilines is 1. The maximum absolute atomic E-state index is 13.4. The van der Waals surface area contributed by atoms with Gasteiger partial charge in [-0.2, -0.15) is 0 Å². The first-order valence-corrected chi connectivity index (χ1v) is 11.8. The number of phenols is 1. The summed E-state index contributed by atoms with van der Waals surface area (Å²) in [6.07, 6.45) is 6.42. The van der Waals surface area contributed by atoms with Crippen LogP contribution >= 0.6 is 0 Å². The van der Waals surface area contributed by atoms with E-state index in [2.05, 4.69) is 12.2 Å². The van der Waals surface area contributed by atoms with Crippen LogP contribution in [0.15, 0.2) is 30.3 Å². The second-order valence-corrected chi connectivity index (χ2v) is 9.00. The summed E-state index contributed by atoms with van der Waals surface area (Å²) in [5, 5.41) is 13.2. The van der Waals surface area contributed by atoms with E-state index in [0.717, 1.165) is 47.1 Å². The SMILES string of the molecule is CCCCCCCC(=O)N1Cc2ccccc2C[C@H]1C(=O)Nc1cc(C)c(O)c(C)c1C. The Morgan fingerprint density at radius 2 is 1.72 bits per heavy atom. The number of nitrogens with zero attached hydrogens (tertiary/aromatic N) is 1. The molecule has 0 aliphatic carbocycles. The van der Waals surface area contributed by atoms with Crippen LogP contribution in [-0.2, 0) is 22.6 Å². The van der Waals surface area contributed by atoms with Crippen LogP contribution in [0.3, 0.4) is 0 Å². The molecule has 3 rings (SSSR count). The van der Waals surface area contributed by atoms with Crippen LogP contribution in [0.25, 0.3) is 0 Å². The van der Waals surface area contributed by atoms with Crippen molar-refractivity contribution < 1.29 is 14.7 Å². The zero-order valence-corrected chi connectivity index (χ0v) is 19.8. The van der Waals surface area contributed by atoms with Crippen molar-refractivity contribution in [1.29, 1.82) is 0 Å². The van der Waals surface area contributed by atoms with Crippen LogP contribution in [0.2, 0.25) is 0 Å². The first kappa shape index (κ1) is 23.8. The number of aryl methyl sites for hydroxylation is 1. The molecule has 1 aliphatic rings. The molecule has 5 nitrogen and oxygen atoms in total. The highest BCUT2D eigenvalue weighted by molar-refractivity contribution is 5.98. The molecule has 0 radical (unpaired) electrons. The summed E-state index contributed by atoms with van der Waals surface area (Å²) in [4.78, 5) is 28.3. The first-order chi connectivity index (χ1) is 15.3. The van der Waals surface area contributed by atoms with Gasteiger partial charge >= 0.3 is 0 Å². The minimum absolute atomic E-state index is 0.0472. The van der Waals surface area contributed by atoms with Crippen LogP contribution in [0.4, 0.5) is 5.69 Å². The van der Waals surface area contributed by atoms with E-state index in [0.29, 0.717) is 25.1 Å². The molecule has 0 unspecified atom stereocenters. The van der Waals surface area contributed by atoms with Gasteiger partial charge in [0.15, 0.2) is 0 Å². The minimum Gasteiger partial charge on any atom is -0.507 e. The lowest BCUT2D eigenvalue weighted by atomic mass is 9.92. The number of fused-ring (bicyclic) bond motifs is 1. The van der Waals surface area contributed by atoms with Crippen molar-refractivity contribution in [2.45, 2.75) is 85.2 Å². The zero-order chi connectivity index (χ0) is 23.3. The number of hydrogen-bond donors (Lipinski definition) is 2. The van der Waals surface area contributed by atoms with Gasteiger partial charge in [-0.1, -0.05) is 56.9 Å². The number of unbranched alkanes of at least 4 members (excludes halogenated alkanes) is 4. The van der Waals surface area contributed by atoms with Crippen LogP contribution in [0.1, 0.15) is 73.3 Å². The van der Waals surface area contributed by atoms with Crippen molar-refractivity contribution in [2.75, 3.05) is 5.32 Å². The molecule has 0 aromatic heterocycles. The lowest BCUT2D eigenvalue weighted by molar-refractivity contribution is -0.140. The monoisotopic (exact) mass is 436 g/mol. The zero-order valence-electron chi connectivity index (χ0n) is 19.8. The predicted molar refractivity (Wildman–Crippen MR) is 129 cm³/mol. The molecule has 2 amide bonds. The molecule has 0 fully saturated rings. The number of rotatable bonds is 8. The van der Waals surface area contributed by atoms with Crippen molar-refractivity contribution in [2.24, 2.45) is 0 Å². The Labute approximate surface area is 191 Å². The molecule has 0 saturated heterocycles. The van der Waals surface area contributed by atoms with Gasteiger partial charge in [-0.25, -0.2) is 0 Å². The Morgan fingerprint density at radius 1 is 1.03 bits per heavy atom.